The average molecular weight is 249 g/mol. The quantitative estimate of drug-likeness (QED) is 0.827. The molecule has 2 rings (SSSR count). The zero-order valence-corrected chi connectivity index (χ0v) is 10.3. The largest absolute Gasteiger partial charge is 0.481 e. The van der Waals surface area contributed by atoms with Crippen LogP contribution in [0.5, 0.6) is 0 Å². The lowest BCUT2D eigenvalue weighted by Gasteiger charge is -2.15. The van der Waals surface area contributed by atoms with E-state index in [4.69, 9.17) is 5.11 Å². The van der Waals surface area contributed by atoms with Gasteiger partial charge in [0.15, 0.2) is 0 Å². The van der Waals surface area contributed by atoms with Gasteiger partial charge in [-0.3, -0.25) is 9.69 Å². The van der Waals surface area contributed by atoms with E-state index in [9.17, 15) is 9.90 Å². The number of carboxylic acid groups (broad SMARTS) is 1. The number of aliphatic hydroxyl groups is 1. The van der Waals surface area contributed by atoms with Gasteiger partial charge < -0.3 is 10.2 Å². The molecule has 2 unspecified atom stereocenters. The third-order valence-electron chi connectivity index (χ3n) is 3.46. The molecule has 0 aliphatic carbocycles. The molecule has 0 amide bonds. The second-order valence-corrected chi connectivity index (χ2v) is 4.94. The summed E-state index contributed by atoms with van der Waals surface area (Å²) in [7, 11) is 0. The Morgan fingerprint density at radius 1 is 1.28 bits per heavy atom. The maximum absolute atomic E-state index is 10.5. The van der Waals surface area contributed by atoms with E-state index in [1.165, 1.54) is 5.56 Å². The number of aliphatic hydroxyl groups excluding tert-OH is 1. The number of rotatable bonds is 5. The predicted molar refractivity (Wildman–Crippen MR) is 68.1 cm³/mol. The summed E-state index contributed by atoms with van der Waals surface area (Å²) in [6.45, 7) is 2.24. The van der Waals surface area contributed by atoms with E-state index in [1.807, 2.05) is 18.2 Å². The fraction of sp³-hybridized carbons (Fsp3) is 0.500. The third-order valence-corrected chi connectivity index (χ3v) is 3.46. The van der Waals surface area contributed by atoms with Gasteiger partial charge in [-0.15, -0.1) is 0 Å². The van der Waals surface area contributed by atoms with Gasteiger partial charge in [-0.1, -0.05) is 30.3 Å². The Hall–Kier alpha value is -1.39. The molecule has 1 aromatic carbocycles. The van der Waals surface area contributed by atoms with Gasteiger partial charge >= 0.3 is 5.97 Å². The SMILES string of the molecule is O=C(O)CCC1CN(Cc2ccccc2)CC1O. The lowest BCUT2D eigenvalue weighted by Crippen LogP contribution is -2.21. The molecule has 1 aliphatic rings. The zero-order chi connectivity index (χ0) is 13.0. The van der Waals surface area contributed by atoms with Crippen LogP contribution in [0.15, 0.2) is 30.3 Å². The van der Waals surface area contributed by atoms with Crippen LogP contribution < -0.4 is 0 Å². The number of carbonyl (C=O) groups is 1. The molecule has 4 heteroatoms. The normalized spacial score (nSPS) is 24.3. The lowest BCUT2D eigenvalue weighted by atomic mass is 10.0. The van der Waals surface area contributed by atoms with Gasteiger partial charge in [0, 0.05) is 26.1 Å². The Bertz CT molecular complexity index is 393. The summed E-state index contributed by atoms with van der Waals surface area (Å²) >= 11 is 0. The topological polar surface area (TPSA) is 60.8 Å². The van der Waals surface area contributed by atoms with Crippen molar-refractivity contribution < 1.29 is 15.0 Å². The van der Waals surface area contributed by atoms with Gasteiger partial charge in [0.25, 0.3) is 0 Å². The molecule has 0 saturated carbocycles. The summed E-state index contributed by atoms with van der Waals surface area (Å²) in [4.78, 5) is 12.7. The van der Waals surface area contributed by atoms with Crippen LogP contribution in [-0.2, 0) is 11.3 Å². The van der Waals surface area contributed by atoms with Gasteiger partial charge in [0.2, 0.25) is 0 Å². The van der Waals surface area contributed by atoms with E-state index in [-0.39, 0.29) is 12.3 Å². The molecule has 98 valence electrons. The zero-order valence-electron chi connectivity index (χ0n) is 10.3. The second kappa shape index (κ2) is 5.98. The van der Waals surface area contributed by atoms with Gasteiger partial charge in [-0.2, -0.15) is 0 Å². The van der Waals surface area contributed by atoms with Crippen molar-refractivity contribution in [3.8, 4) is 0 Å². The van der Waals surface area contributed by atoms with Gasteiger partial charge in [-0.05, 0) is 17.9 Å². The van der Waals surface area contributed by atoms with Crippen LogP contribution in [0.25, 0.3) is 0 Å². The summed E-state index contributed by atoms with van der Waals surface area (Å²) in [5, 5.41) is 18.6. The minimum Gasteiger partial charge on any atom is -0.481 e. The summed E-state index contributed by atoms with van der Waals surface area (Å²) in [5.74, 6) is -0.700. The van der Waals surface area contributed by atoms with Crippen molar-refractivity contribution >= 4 is 5.97 Å². The summed E-state index contributed by atoms with van der Waals surface area (Å²) < 4.78 is 0. The molecule has 1 saturated heterocycles. The number of hydrogen-bond donors (Lipinski definition) is 2. The molecule has 1 heterocycles. The molecule has 1 aromatic rings. The summed E-state index contributed by atoms with van der Waals surface area (Å²) in [6.07, 6.45) is 0.302. The maximum Gasteiger partial charge on any atom is 0.303 e. The van der Waals surface area contributed by atoms with Crippen LogP contribution in [0.4, 0.5) is 0 Å². The Kier molecular flexibility index (Phi) is 4.33. The average Bonchev–Trinajstić information content (AvgIpc) is 2.68. The first-order valence-corrected chi connectivity index (χ1v) is 6.31. The van der Waals surface area contributed by atoms with Crippen LogP contribution in [0.2, 0.25) is 0 Å². The second-order valence-electron chi connectivity index (χ2n) is 4.94. The van der Waals surface area contributed by atoms with Crippen molar-refractivity contribution in [3.63, 3.8) is 0 Å². The Labute approximate surface area is 107 Å². The molecular weight excluding hydrogens is 230 g/mol. The van der Waals surface area contributed by atoms with Gasteiger partial charge in [-0.25, -0.2) is 0 Å². The Balaban J connectivity index is 1.84. The number of β-amino-alcohol motifs (C(OH)–C–C–N with tert-alkyl or cyclic N) is 1. The molecule has 0 bridgehead atoms. The van der Waals surface area contributed by atoms with Crippen molar-refractivity contribution in [2.45, 2.75) is 25.5 Å². The molecule has 1 aliphatic heterocycles. The fourth-order valence-electron chi connectivity index (χ4n) is 2.50. The molecule has 2 N–H and O–H groups in total. The highest BCUT2D eigenvalue weighted by atomic mass is 16.4. The smallest absolute Gasteiger partial charge is 0.303 e. The minimum atomic E-state index is -0.788. The van der Waals surface area contributed by atoms with Gasteiger partial charge in [0.05, 0.1) is 6.10 Å². The van der Waals surface area contributed by atoms with Crippen LogP contribution >= 0.6 is 0 Å². The molecule has 0 aromatic heterocycles. The molecule has 1 fully saturated rings. The van der Waals surface area contributed by atoms with E-state index >= 15 is 0 Å². The molecule has 2 atom stereocenters. The minimum absolute atomic E-state index is 0.0878. The van der Waals surface area contributed by atoms with E-state index in [1.54, 1.807) is 0 Å². The number of carboxylic acids is 1. The molecule has 0 radical (unpaired) electrons. The number of hydrogen-bond acceptors (Lipinski definition) is 3. The van der Waals surface area contributed by atoms with Crippen molar-refractivity contribution in [1.29, 1.82) is 0 Å². The standard InChI is InChI=1S/C14H19NO3/c16-13-10-15(8-11-4-2-1-3-5-11)9-12(13)6-7-14(17)18/h1-5,12-13,16H,6-10H2,(H,17,18). The van der Waals surface area contributed by atoms with E-state index in [0.717, 1.165) is 13.1 Å². The third kappa shape index (κ3) is 3.55. The summed E-state index contributed by atoms with van der Waals surface area (Å²) in [5.41, 5.74) is 1.23. The predicted octanol–water partition coefficient (Wildman–Crippen LogP) is 1.34. The molecular formula is C14H19NO3. The highest BCUT2D eigenvalue weighted by Crippen LogP contribution is 2.23. The van der Waals surface area contributed by atoms with Gasteiger partial charge in [0.1, 0.15) is 0 Å². The van der Waals surface area contributed by atoms with E-state index in [2.05, 4.69) is 17.0 Å². The number of aliphatic carboxylic acids is 1. The first-order valence-electron chi connectivity index (χ1n) is 6.31. The van der Waals surface area contributed by atoms with Crippen molar-refractivity contribution in [3.05, 3.63) is 35.9 Å². The molecule has 4 nitrogen and oxygen atoms in total. The lowest BCUT2D eigenvalue weighted by molar-refractivity contribution is -0.137. The Morgan fingerprint density at radius 2 is 2.00 bits per heavy atom. The molecule has 18 heavy (non-hydrogen) atoms. The number of benzene rings is 1. The van der Waals surface area contributed by atoms with Crippen LogP contribution in [0, 0.1) is 5.92 Å². The number of nitrogens with zero attached hydrogens (tertiary/aromatic N) is 1. The first kappa shape index (κ1) is 13.1. The Morgan fingerprint density at radius 3 is 2.67 bits per heavy atom. The van der Waals surface area contributed by atoms with Crippen molar-refractivity contribution in [1.82, 2.24) is 4.90 Å². The van der Waals surface area contributed by atoms with Crippen LogP contribution in [0.3, 0.4) is 0 Å². The highest BCUT2D eigenvalue weighted by molar-refractivity contribution is 5.66. The number of likely N-dealkylation sites (tertiary alicyclic amines) is 1. The first-order chi connectivity index (χ1) is 8.65. The van der Waals surface area contributed by atoms with Crippen LogP contribution in [-0.4, -0.2) is 40.3 Å². The maximum atomic E-state index is 10.5. The fourth-order valence-corrected chi connectivity index (χ4v) is 2.50. The van der Waals surface area contributed by atoms with Crippen LogP contribution in [0.1, 0.15) is 18.4 Å². The van der Waals surface area contributed by atoms with E-state index < -0.39 is 12.1 Å². The monoisotopic (exact) mass is 249 g/mol. The highest BCUT2D eigenvalue weighted by Gasteiger charge is 2.31. The summed E-state index contributed by atoms with van der Waals surface area (Å²) in [6, 6.07) is 10.1. The van der Waals surface area contributed by atoms with E-state index in [0.29, 0.717) is 13.0 Å². The molecule has 0 spiro atoms. The van der Waals surface area contributed by atoms with Crippen molar-refractivity contribution in [2.75, 3.05) is 13.1 Å². The van der Waals surface area contributed by atoms with Crippen molar-refractivity contribution in [2.24, 2.45) is 5.92 Å².